The van der Waals surface area contributed by atoms with Crippen LogP contribution in [0.3, 0.4) is 0 Å². The van der Waals surface area contributed by atoms with Crippen molar-refractivity contribution in [1.82, 2.24) is 0 Å². The minimum Gasteiger partial charge on any atom is -0.496 e. The maximum Gasteiger partial charge on any atom is 0.167 e. The van der Waals surface area contributed by atoms with Crippen LogP contribution < -0.4 is 9.47 Å². The van der Waals surface area contributed by atoms with E-state index in [1.807, 2.05) is 12.1 Å². The molecular formula is C14H18O3. The smallest absolute Gasteiger partial charge is 0.167 e. The number of benzene rings is 1. The summed E-state index contributed by atoms with van der Waals surface area (Å²) in [6, 6.07) is 5.36. The van der Waals surface area contributed by atoms with Gasteiger partial charge in [0, 0.05) is 0 Å². The van der Waals surface area contributed by atoms with E-state index in [1.54, 1.807) is 19.2 Å². The van der Waals surface area contributed by atoms with Gasteiger partial charge in [0.05, 0.1) is 13.7 Å². The molecule has 1 aromatic carbocycles. The van der Waals surface area contributed by atoms with Gasteiger partial charge in [0.15, 0.2) is 5.78 Å². The Labute approximate surface area is 102 Å². The number of rotatable bonds is 7. The number of unbranched alkanes of at least 4 members (excludes halogenated alkanes) is 1. The number of carbonyl (C=O) groups excluding carboxylic acids is 1. The fourth-order valence-electron chi connectivity index (χ4n) is 1.56. The molecule has 0 heterocycles. The first-order chi connectivity index (χ1) is 8.20. The number of carbonyl (C=O) groups is 1. The molecule has 0 saturated heterocycles. The van der Waals surface area contributed by atoms with Crippen LogP contribution in [0.25, 0.3) is 0 Å². The Hall–Kier alpha value is -1.77. The summed E-state index contributed by atoms with van der Waals surface area (Å²) >= 11 is 0. The standard InChI is InChI=1S/C14H18O3/c1-4-5-6-10-17-13-9-7-8-12(16-3)14(13)11(2)15/h4,7-9H,1,5-6,10H2,2-3H3. The van der Waals surface area contributed by atoms with Gasteiger partial charge in [0.1, 0.15) is 17.1 Å². The first-order valence-corrected chi connectivity index (χ1v) is 5.62. The lowest BCUT2D eigenvalue weighted by Crippen LogP contribution is -2.04. The van der Waals surface area contributed by atoms with Crippen molar-refractivity contribution in [1.29, 1.82) is 0 Å². The third-order valence-corrected chi connectivity index (χ3v) is 2.37. The van der Waals surface area contributed by atoms with E-state index in [4.69, 9.17) is 9.47 Å². The second-order valence-electron chi connectivity index (χ2n) is 3.67. The minimum absolute atomic E-state index is 0.0545. The van der Waals surface area contributed by atoms with E-state index in [1.165, 1.54) is 6.92 Å². The van der Waals surface area contributed by atoms with Gasteiger partial charge in [-0.25, -0.2) is 0 Å². The number of hydrogen-bond acceptors (Lipinski definition) is 3. The molecule has 1 aromatic rings. The van der Waals surface area contributed by atoms with Crippen molar-refractivity contribution in [3.63, 3.8) is 0 Å². The Morgan fingerprint density at radius 2 is 2.12 bits per heavy atom. The summed E-state index contributed by atoms with van der Waals surface area (Å²) in [6.45, 7) is 5.73. The Morgan fingerprint density at radius 1 is 1.41 bits per heavy atom. The number of ether oxygens (including phenoxy) is 2. The van der Waals surface area contributed by atoms with Gasteiger partial charge in [0.2, 0.25) is 0 Å². The normalized spacial score (nSPS) is 9.76. The van der Waals surface area contributed by atoms with Gasteiger partial charge in [-0.2, -0.15) is 0 Å². The van der Waals surface area contributed by atoms with E-state index in [0.717, 1.165) is 12.8 Å². The summed E-state index contributed by atoms with van der Waals surface area (Å²) < 4.78 is 10.8. The number of hydrogen-bond donors (Lipinski definition) is 0. The van der Waals surface area contributed by atoms with Gasteiger partial charge in [0.25, 0.3) is 0 Å². The number of Topliss-reactive ketones (excluding diaryl/α,β-unsaturated/α-hetero) is 1. The molecule has 0 aliphatic heterocycles. The zero-order valence-electron chi connectivity index (χ0n) is 10.4. The molecule has 1 rings (SSSR count). The number of ketones is 1. The largest absolute Gasteiger partial charge is 0.496 e. The zero-order valence-corrected chi connectivity index (χ0v) is 10.4. The lowest BCUT2D eigenvalue weighted by molar-refractivity contribution is 0.101. The summed E-state index contributed by atoms with van der Waals surface area (Å²) in [6.07, 6.45) is 3.64. The summed E-state index contributed by atoms with van der Waals surface area (Å²) in [5.74, 6) is 1.08. The number of methoxy groups -OCH3 is 1. The highest BCUT2D eigenvalue weighted by atomic mass is 16.5. The van der Waals surface area contributed by atoms with E-state index in [0.29, 0.717) is 23.7 Å². The molecule has 0 saturated carbocycles. The monoisotopic (exact) mass is 234 g/mol. The van der Waals surface area contributed by atoms with Crippen LogP contribution in [0, 0.1) is 0 Å². The van der Waals surface area contributed by atoms with E-state index in [2.05, 4.69) is 6.58 Å². The Bertz CT molecular complexity index is 396. The molecular weight excluding hydrogens is 216 g/mol. The highest BCUT2D eigenvalue weighted by molar-refractivity contribution is 5.99. The zero-order chi connectivity index (χ0) is 12.7. The molecule has 0 aromatic heterocycles. The van der Waals surface area contributed by atoms with Gasteiger partial charge in [-0.05, 0) is 31.9 Å². The maximum atomic E-state index is 11.6. The van der Waals surface area contributed by atoms with E-state index in [9.17, 15) is 4.79 Å². The van der Waals surface area contributed by atoms with E-state index < -0.39 is 0 Å². The van der Waals surface area contributed by atoms with Crippen molar-refractivity contribution in [3.05, 3.63) is 36.4 Å². The van der Waals surface area contributed by atoms with Crippen LogP contribution in [0.5, 0.6) is 11.5 Å². The lowest BCUT2D eigenvalue weighted by Gasteiger charge is -2.12. The van der Waals surface area contributed by atoms with Gasteiger partial charge in [-0.15, -0.1) is 6.58 Å². The van der Waals surface area contributed by atoms with Crippen LogP contribution in [0.4, 0.5) is 0 Å². The van der Waals surface area contributed by atoms with Crippen LogP contribution in [-0.4, -0.2) is 19.5 Å². The summed E-state index contributed by atoms with van der Waals surface area (Å²) in [7, 11) is 1.54. The molecule has 0 aliphatic rings. The molecule has 0 aliphatic carbocycles. The fourth-order valence-corrected chi connectivity index (χ4v) is 1.56. The molecule has 3 nitrogen and oxygen atoms in total. The van der Waals surface area contributed by atoms with Crippen LogP contribution in [0.1, 0.15) is 30.1 Å². The van der Waals surface area contributed by atoms with Crippen LogP contribution in [0.2, 0.25) is 0 Å². The molecule has 17 heavy (non-hydrogen) atoms. The molecule has 0 bridgehead atoms. The first-order valence-electron chi connectivity index (χ1n) is 5.62. The van der Waals surface area contributed by atoms with Gasteiger partial charge < -0.3 is 9.47 Å². The van der Waals surface area contributed by atoms with Crippen LogP contribution >= 0.6 is 0 Å². The molecule has 92 valence electrons. The summed E-state index contributed by atoms with van der Waals surface area (Å²) in [5, 5.41) is 0. The lowest BCUT2D eigenvalue weighted by atomic mass is 10.1. The Kier molecular flexibility index (Phi) is 5.27. The van der Waals surface area contributed by atoms with E-state index in [-0.39, 0.29) is 5.78 Å². The van der Waals surface area contributed by atoms with Crippen molar-refractivity contribution in [3.8, 4) is 11.5 Å². The summed E-state index contributed by atoms with van der Waals surface area (Å²) in [4.78, 5) is 11.6. The topological polar surface area (TPSA) is 35.5 Å². The van der Waals surface area contributed by atoms with Gasteiger partial charge in [-0.3, -0.25) is 4.79 Å². The predicted octanol–water partition coefficient (Wildman–Crippen LogP) is 3.24. The Balaban J connectivity index is 2.83. The minimum atomic E-state index is -0.0545. The second-order valence-corrected chi connectivity index (χ2v) is 3.67. The average Bonchev–Trinajstić information content (AvgIpc) is 2.33. The third-order valence-electron chi connectivity index (χ3n) is 2.37. The SMILES string of the molecule is C=CCCCOc1cccc(OC)c1C(C)=O. The molecule has 0 fully saturated rings. The van der Waals surface area contributed by atoms with Crippen molar-refractivity contribution < 1.29 is 14.3 Å². The molecule has 0 unspecified atom stereocenters. The molecule has 0 spiro atoms. The van der Waals surface area contributed by atoms with Crippen molar-refractivity contribution >= 4 is 5.78 Å². The van der Waals surface area contributed by atoms with E-state index >= 15 is 0 Å². The Morgan fingerprint density at radius 3 is 2.71 bits per heavy atom. The highest BCUT2D eigenvalue weighted by Gasteiger charge is 2.14. The third kappa shape index (κ3) is 3.63. The van der Waals surface area contributed by atoms with Gasteiger partial charge in [-0.1, -0.05) is 12.1 Å². The van der Waals surface area contributed by atoms with Crippen molar-refractivity contribution in [2.75, 3.05) is 13.7 Å². The maximum absolute atomic E-state index is 11.6. The molecule has 0 N–H and O–H groups in total. The van der Waals surface area contributed by atoms with Crippen LogP contribution in [-0.2, 0) is 0 Å². The van der Waals surface area contributed by atoms with Crippen molar-refractivity contribution in [2.24, 2.45) is 0 Å². The van der Waals surface area contributed by atoms with Crippen LogP contribution in [0.15, 0.2) is 30.9 Å². The first kappa shape index (κ1) is 13.3. The molecule has 0 atom stereocenters. The molecule has 3 heteroatoms. The van der Waals surface area contributed by atoms with Gasteiger partial charge >= 0.3 is 0 Å². The quantitative estimate of drug-likeness (QED) is 0.413. The summed E-state index contributed by atoms with van der Waals surface area (Å²) in [5.41, 5.74) is 0.508. The molecule has 0 radical (unpaired) electrons. The second kappa shape index (κ2) is 6.74. The average molecular weight is 234 g/mol. The molecule has 0 amide bonds. The number of allylic oxidation sites excluding steroid dienone is 1. The van der Waals surface area contributed by atoms with Crippen molar-refractivity contribution in [2.45, 2.75) is 19.8 Å². The predicted molar refractivity (Wildman–Crippen MR) is 67.9 cm³/mol. The fraction of sp³-hybridized carbons (Fsp3) is 0.357. The highest BCUT2D eigenvalue weighted by Crippen LogP contribution is 2.28.